The molecule has 0 saturated heterocycles. The molecule has 0 aromatic heterocycles. The van der Waals surface area contributed by atoms with Crippen LogP contribution in [0.2, 0.25) is 0 Å². The van der Waals surface area contributed by atoms with Crippen LogP contribution in [-0.4, -0.2) is 6.54 Å². The maximum absolute atomic E-state index is 2.29. The Hall–Kier alpha value is -1.24. The molecule has 0 N–H and O–H groups in total. The highest BCUT2D eigenvalue weighted by Gasteiger charge is 2.23. The highest BCUT2D eigenvalue weighted by Crippen LogP contribution is 2.29. The molecule has 0 radical (unpaired) electrons. The first-order chi connectivity index (χ1) is 7.17. The quantitative estimate of drug-likeness (QED) is 0.665. The van der Waals surface area contributed by atoms with Gasteiger partial charge >= 0.3 is 0 Å². The molecule has 1 heterocycles. The standard InChI is InChI=1S/C12H15N.C2H6/c1-12(2)8-9-13(10-12)11-6-4-3-5-7-11;1-2/h3-9H,10H2,1-2H3;1-2H3. The number of benzene rings is 1. The van der Waals surface area contributed by atoms with E-state index >= 15 is 0 Å². The van der Waals surface area contributed by atoms with Crippen LogP contribution < -0.4 is 4.90 Å². The van der Waals surface area contributed by atoms with E-state index in [0.717, 1.165) is 6.54 Å². The van der Waals surface area contributed by atoms with Crippen molar-refractivity contribution in [2.45, 2.75) is 27.7 Å². The van der Waals surface area contributed by atoms with Crippen molar-refractivity contribution >= 4 is 5.69 Å². The van der Waals surface area contributed by atoms with Crippen molar-refractivity contribution in [2.24, 2.45) is 5.41 Å². The predicted molar refractivity (Wildman–Crippen MR) is 68.1 cm³/mol. The van der Waals surface area contributed by atoms with Gasteiger partial charge in [-0.3, -0.25) is 0 Å². The third-order valence-corrected chi connectivity index (χ3v) is 2.37. The maximum atomic E-state index is 2.29. The molecular formula is C14H21N. The van der Waals surface area contributed by atoms with Gasteiger partial charge in [-0.15, -0.1) is 0 Å². The van der Waals surface area contributed by atoms with E-state index in [1.54, 1.807) is 0 Å². The van der Waals surface area contributed by atoms with Gasteiger partial charge in [0, 0.05) is 23.8 Å². The Morgan fingerprint density at radius 3 is 2.13 bits per heavy atom. The zero-order valence-electron chi connectivity index (χ0n) is 10.2. The molecule has 0 aliphatic carbocycles. The van der Waals surface area contributed by atoms with Crippen molar-refractivity contribution < 1.29 is 0 Å². The van der Waals surface area contributed by atoms with E-state index in [1.165, 1.54) is 5.69 Å². The summed E-state index contributed by atoms with van der Waals surface area (Å²) in [4.78, 5) is 2.29. The Kier molecular flexibility index (Phi) is 3.96. The summed E-state index contributed by atoms with van der Waals surface area (Å²) in [6.07, 6.45) is 4.44. The van der Waals surface area contributed by atoms with E-state index < -0.39 is 0 Å². The molecule has 2 rings (SSSR count). The third kappa shape index (κ3) is 3.12. The van der Waals surface area contributed by atoms with E-state index in [2.05, 4.69) is 61.4 Å². The fourth-order valence-electron chi connectivity index (χ4n) is 1.63. The molecule has 1 aliphatic heterocycles. The van der Waals surface area contributed by atoms with Gasteiger partial charge in [0.1, 0.15) is 0 Å². The molecule has 0 saturated carbocycles. The number of rotatable bonds is 1. The summed E-state index contributed by atoms with van der Waals surface area (Å²) in [6.45, 7) is 9.59. The molecule has 1 aromatic rings. The Morgan fingerprint density at radius 1 is 1.07 bits per heavy atom. The largest absolute Gasteiger partial charge is 0.347 e. The van der Waals surface area contributed by atoms with Crippen LogP contribution in [0.25, 0.3) is 0 Å². The third-order valence-electron chi connectivity index (χ3n) is 2.37. The summed E-state index contributed by atoms with van der Waals surface area (Å²) in [5.74, 6) is 0. The summed E-state index contributed by atoms with van der Waals surface area (Å²) in [7, 11) is 0. The van der Waals surface area contributed by atoms with Crippen molar-refractivity contribution in [3.8, 4) is 0 Å². The number of hydrogen-bond acceptors (Lipinski definition) is 1. The van der Waals surface area contributed by atoms with Gasteiger partial charge in [0.15, 0.2) is 0 Å². The van der Waals surface area contributed by atoms with Crippen LogP contribution in [-0.2, 0) is 0 Å². The van der Waals surface area contributed by atoms with Gasteiger partial charge in [-0.1, -0.05) is 52.0 Å². The van der Waals surface area contributed by atoms with E-state index in [0.29, 0.717) is 5.41 Å². The normalized spacial score (nSPS) is 17.2. The fourth-order valence-corrected chi connectivity index (χ4v) is 1.63. The van der Waals surface area contributed by atoms with E-state index in [-0.39, 0.29) is 0 Å². The molecule has 0 atom stereocenters. The molecule has 0 fully saturated rings. The Labute approximate surface area is 93.4 Å². The number of para-hydroxylation sites is 1. The first-order valence-electron chi connectivity index (χ1n) is 5.68. The van der Waals surface area contributed by atoms with Gasteiger partial charge in [0.2, 0.25) is 0 Å². The summed E-state index contributed by atoms with van der Waals surface area (Å²) in [5.41, 5.74) is 1.60. The van der Waals surface area contributed by atoms with E-state index in [9.17, 15) is 0 Å². The lowest BCUT2D eigenvalue weighted by molar-refractivity contribution is 0.516. The predicted octanol–water partition coefficient (Wildman–Crippen LogP) is 4.07. The highest BCUT2D eigenvalue weighted by atomic mass is 15.1. The Bertz CT molecular complexity index is 311. The second kappa shape index (κ2) is 5.01. The SMILES string of the molecule is CC.CC1(C)C=CN(c2ccccc2)C1. The van der Waals surface area contributed by atoms with Gasteiger partial charge in [0.25, 0.3) is 0 Å². The van der Waals surface area contributed by atoms with Crippen LogP contribution in [0.4, 0.5) is 5.69 Å². The highest BCUT2D eigenvalue weighted by molar-refractivity contribution is 5.51. The molecule has 0 unspecified atom stereocenters. The maximum Gasteiger partial charge on any atom is 0.0406 e. The molecule has 0 amide bonds. The lowest BCUT2D eigenvalue weighted by Crippen LogP contribution is -2.22. The lowest BCUT2D eigenvalue weighted by Gasteiger charge is -2.21. The first-order valence-corrected chi connectivity index (χ1v) is 5.68. The molecule has 1 aliphatic rings. The van der Waals surface area contributed by atoms with Crippen molar-refractivity contribution in [3.05, 3.63) is 42.6 Å². The average molecular weight is 203 g/mol. The van der Waals surface area contributed by atoms with Crippen LogP contribution in [0.1, 0.15) is 27.7 Å². The topological polar surface area (TPSA) is 3.24 Å². The lowest BCUT2D eigenvalue weighted by atomic mass is 9.96. The Morgan fingerprint density at radius 2 is 1.67 bits per heavy atom. The van der Waals surface area contributed by atoms with Crippen LogP contribution in [0.3, 0.4) is 0 Å². The summed E-state index contributed by atoms with van der Waals surface area (Å²) in [5, 5.41) is 0. The molecule has 15 heavy (non-hydrogen) atoms. The zero-order chi connectivity index (χ0) is 11.3. The minimum absolute atomic E-state index is 0.315. The average Bonchev–Trinajstić information content (AvgIpc) is 2.63. The van der Waals surface area contributed by atoms with Crippen LogP contribution in [0, 0.1) is 5.41 Å². The van der Waals surface area contributed by atoms with Gasteiger partial charge in [-0.05, 0) is 12.1 Å². The molecule has 1 heteroatoms. The zero-order valence-corrected chi connectivity index (χ0v) is 10.2. The van der Waals surface area contributed by atoms with Crippen molar-refractivity contribution in [2.75, 3.05) is 11.4 Å². The number of anilines is 1. The van der Waals surface area contributed by atoms with Gasteiger partial charge in [-0.2, -0.15) is 0 Å². The van der Waals surface area contributed by atoms with Crippen LogP contribution in [0.15, 0.2) is 42.6 Å². The number of nitrogens with zero attached hydrogens (tertiary/aromatic N) is 1. The van der Waals surface area contributed by atoms with Crippen molar-refractivity contribution in [1.29, 1.82) is 0 Å². The molecule has 0 spiro atoms. The molecule has 1 nitrogen and oxygen atoms in total. The summed E-state index contributed by atoms with van der Waals surface area (Å²) >= 11 is 0. The number of hydrogen-bond donors (Lipinski definition) is 0. The first kappa shape index (κ1) is 11.8. The summed E-state index contributed by atoms with van der Waals surface area (Å²) in [6, 6.07) is 10.5. The summed E-state index contributed by atoms with van der Waals surface area (Å²) < 4.78 is 0. The van der Waals surface area contributed by atoms with E-state index in [4.69, 9.17) is 0 Å². The fraction of sp³-hybridized carbons (Fsp3) is 0.429. The minimum atomic E-state index is 0.315. The monoisotopic (exact) mass is 203 g/mol. The van der Waals surface area contributed by atoms with Crippen LogP contribution in [0.5, 0.6) is 0 Å². The van der Waals surface area contributed by atoms with Gasteiger partial charge < -0.3 is 4.90 Å². The van der Waals surface area contributed by atoms with Crippen molar-refractivity contribution in [1.82, 2.24) is 0 Å². The second-order valence-corrected chi connectivity index (χ2v) is 4.27. The van der Waals surface area contributed by atoms with Crippen LogP contribution >= 0.6 is 0 Å². The molecule has 82 valence electrons. The molecule has 0 bridgehead atoms. The molecular weight excluding hydrogens is 182 g/mol. The minimum Gasteiger partial charge on any atom is -0.347 e. The second-order valence-electron chi connectivity index (χ2n) is 4.27. The van der Waals surface area contributed by atoms with E-state index in [1.807, 2.05) is 13.8 Å². The Balaban J connectivity index is 0.000000531. The van der Waals surface area contributed by atoms with Gasteiger partial charge in [-0.25, -0.2) is 0 Å². The molecule has 1 aromatic carbocycles. The smallest absolute Gasteiger partial charge is 0.0406 e. The van der Waals surface area contributed by atoms with Crippen molar-refractivity contribution in [3.63, 3.8) is 0 Å². The van der Waals surface area contributed by atoms with Gasteiger partial charge in [0.05, 0.1) is 0 Å².